The van der Waals surface area contributed by atoms with Crippen LogP contribution in [0, 0.1) is 0 Å². The maximum Gasteiger partial charge on any atom is 0.326 e. The van der Waals surface area contributed by atoms with Crippen LogP contribution in [0.3, 0.4) is 0 Å². The fourth-order valence-electron chi connectivity index (χ4n) is 1.28. The summed E-state index contributed by atoms with van der Waals surface area (Å²) >= 11 is 0. The van der Waals surface area contributed by atoms with Crippen molar-refractivity contribution in [2.45, 2.75) is 6.54 Å². The predicted molar refractivity (Wildman–Crippen MR) is 64.5 cm³/mol. The van der Waals surface area contributed by atoms with Crippen LogP contribution in [-0.2, 0) is 11.3 Å². The second-order valence-corrected chi connectivity index (χ2v) is 3.47. The molecule has 0 saturated heterocycles. The number of nitrogens with zero attached hydrogens (tertiary/aromatic N) is 4. The van der Waals surface area contributed by atoms with Gasteiger partial charge in [0.25, 0.3) is 0 Å². The fraction of sp³-hybridized carbons (Fsp3) is 0.100. The number of carbonyl (C=O) groups excluding carboxylic acids is 1. The van der Waals surface area contributed by atoms with Gasteiger partial charge in [-0.05, 0) is 6.07 Å². The van der Waals surface area contributed by atoms with Gasteiger partial charge >= 0.3 is 12.0 Å². The number of rotatable bonds is 4. The van der Waals surface area contributed by atoms with E-state index in [1.165, 1.54) is 29.5 Å². The van der Waals surface area contributed by atoms with Crippen LogP contribution in [-0.4, -0.2) is 36.9 Å². The summed E-state index contributed by atoms with van der Waals surface area (Å²) in [5.41, 5.74) is 0.370. The first-order chi connectivity index (χ1) is 9.13. The zero-order valence-electron chi connectivity index (χ0n) is 9.65. The smallest absolute Gasteiger partial charge is 0.326 e. The van der Waals surface area contributed by atoms with Gasteiger partial charge in [-0.1, -0.05) is 0 Å². The van der Waals surface area contributed by atoms with Crippen LogP contribution in [0.2, 0.25) is 0 Å². The monoisotopic (exact) mass is 262 g/mol. The minimum absolute atomic E-state index is 0.165. The molecule has 0 bridgehead atoms. The molecule has 9 heteroatoms. The summed E-state index contributed by atoms with van der Waals surface area (Å²) in [6.45, 7) is -0.273. The Balaban J connectivity index is 1.92. The number of carboxylic acid groups (broad SMARTS) is 1. The summed E-state index contributed by atoms with van der Waals surface area (Å²) in [6, 6.07) is 1.08. The summed E-state index contributed by atoms with van der Waals surface area (Å²) in [6.07, 6.45) is 5.73. The number of carbonyl (C=O) groups is 2. The lowest BCUT2D eigenvalue weighted by Gasteiger charge is -2.03. The highest BCUT2D eigenvalue weighted by atomic mass is 16.4. The van der Waals surface area contributed by atoms with E-state index in [0.717, 1.165) is 0 Å². The molecule has 19 heavy (non-hydrogen) atoms. The average molecular weight is 262 g/mol. The molecular formula is C10H10N6O3. The number of aromatic nitrogens is 4. The minimum Gasteiger partial charge on any atom is -0.480 e. The molecule has 2 aromatic heterocycles. The van der Waals surface area contributed by atoms with Gasteiger partial charge in [0, 0.05) is 18.6 Å². The van der Waals surface area contributed by atoms with Crippen molar-refractivity contribution in [2.24, 2.45) is 0 Å². The van der Waals surface area contributed by atoms with E-state index in [9.17, 15) is 9.59 Å². The van der Waals surface area contributed by atoms with Gasteiger partial charge in [-0.15, -0.1) is 0 Å². The van der Waals surface area contributed by atoms with Gasteiger partial charge in [0.1, 0.15) is 6.54 Å². The summed E-state index contributed by atoms with van der Waals surface area (Å²) in [7, 11) is 0. The molecular weight excluding hydrogens is 252 g/mol. The zero-order chi connectivity index (χ0) is 13.7. The van der Waals surface area contributed by atoms with Crippen molar-refractivity contribution in [2.75, 3.05) is 10.6 Å². The molecule has 2 rings (SSSR count). The lowest BCUT2D eigenvalue weighted by atomic mass is 10.5. The molecule has 0 fully saturated rings. The number of anilines is 2. The Morgan fingerprint density at radius 3 is 2.68 bits per heavy atom. The molecule has 98 valence electrons. The van der Waals surface area contributed by atoms with Crippen LogP contribution in [0.4, 0.5) is 16.4 Å². The fourth-order valence-corrected chi connectivity index (χ4v) is 1.28. The summed E-state index contributed by atoms with van der Waals surface area (Å²) in [5.74, 6) is -0.852. The van der Waals surface area contributed by atoms with Gasteiger partial charge in [-0.3, -0.25) is 14.8 Å². The molecule has 2 amide bonds. The third kappa shape index (κ3) is 3.77. The zero-order valence-corrected chi connectivity index (χ0v) is 9.65. The highest BCUT2D eigenvalue weighted by Gasteiger charge is 2.07. The predicted octanol–water partition coefficient (Wildman–Crippen LogP) is 0.402. The Labute approximate surface area is 107 Å². The van der Waals surface area contributed by atoms with Crippen molar-refractivity contribution >= 4 is 23.6 Å². The van der Waals surface area contributed by atoms with E-state index >= 15 is 0 Å². The van der Waals surface area contributed by atoms with E-state index in [2.05, 4.69) is 25.7 Å². The number of nitrogens with one attached hydrogen (secondary N) is 2. The lowest BCUT2D eigenvalue weighted by Crippen LogP contribution is -2.20. The number of aliphatic carboxylic acids is 1. The van der Waals surface area contributed by atoms with Crippen LogP contribution in [0.25, 0.3) is 0 Å². The third-order valence-corrected chi connectivity index (χ3v) is 1.98. The Kier molecular flexibility index (Phi) is 3.67. The molecule has 0 spiro atoms. The Bertz CT molecular complexity index is 582. The highest BCUT2D eigenvalue weighted by molar-refractivity contribution is 5.98. The van der Waals surface area contributed by atoms with Gasteiger partial charge in [0.15, 0.2) is 0 Å². The number of amides is 2. The van der Waals surface area contributed by atoms with E-state index in [4.69, 9.17) is 5.11 Å². The average Bonchev–Trinajstić information content (AvgIpc) is 2.76. The lowest BCUT2D eigenvalue weighted by molar-refractivity contribution is -0.137. The molecule has 0 unspecified atom stereocenters. The van der Waals surface area contributed by atoms with E-state index in [1.807, 2.05) is 0 Å². The summed E-state index contributed by atoms with van der Waals surface area (Å²) in [5, 5.41) is 17.2. The summed E-state index contributed by atoms with van der Waals surface area (Å²) < 4.78 is 1.19. The highest BCUT2D eigenvalue weighted by Crippen LogP contribution is 2.05. The Morgan fingerprint density at radius 2 is 2.00 bits per heavy atom. The van der Waals surface area contributed by atoms with Crippen molar-refractivity contribution in [3.8, 4) is 0 Å². The molecule has 3 N–H and O–H groups in total. The van der Waals surface area contributed by atoms with Gasteiger partial charge < -0.3 is 10.4 Å². The summed E-state index contributed by atoms with van der Waals surface area (Å²) in [4.78, 5) is 29.7. The molecule has 0 aliphatic heterocycles. The van der Waals surface area contributed by atoms with E-state index in [-0.39, 0.29) is 12.5 Å². The van der Waals surface area contributed by atoms with Crippen LogP contribution >= 0.6 is 0 Å². The van der Waals surface area contributed by atoms with Crippen molar-refractivity contribution in [3.05, 3.63) is 30.9 Å². The maximum atomic E-state index is 11.6. The van der Waals surface area contributed by atoms with Crippen molar-refractivity contribution in [1.29, 1.82) is 0 Å². The van der Waals surface area contributed by atoms with Crippen LogP contribution in [0.5, 0.6) is 0 Å². The molecule has 0 radical (unpaired) electrons. The first-order valence-corrected chi connectivity index (χ1v) is 5.23. The van der Waals surface area contributed by atoms with Crippen molar-refractivity contribution in [3.63, 3.8) is 0 Å². The quantitative estimate of drug-likeness (QED) is 0.733. The molecule has 0 atom stereocenters. The topological polar surface area (TPSA) is 122 Å². The molecule has 2 aromatic rings. The molecule has 0 aromatic carbocycles. The van der Waals surface area contributed by atoms with Crippen LogP contribution in [0.15, 0.2) is 30.9 Å². The second-order valence-electron chi connectivity index (χ2n) is 3.47. The normalized spacial score (nSPS) is 9.89. The Hall–Kier alpha value is -2.97. The van der Waals surface area contributed by atoms with Gasteiger partial charge in [0.05, 0.1) is 11.9 Å². The molecule has 2 heterocycles. The Morgan fingerprint density at radius 1 is 1.26 bits per heavy atom. The van der Waals surface area contributed by atoms with Crippen molar-refractivity contribution < 1.29 is 14.7 Å². The maximum absolute atomic E-state index is 11.6. The standard InChI is InChI=1S/C10H10N6O3/c17-8(18)6-16-5-7(4-13-16)14-10(19)15-9-11-2-1-3-12-9/h1-5H,6H2,(H,17,18)(H2,11,12,14,15,19). The van der Waals surface area contributed by atoms with Crippen LogP contribution < -0.4 is 10.6 Å². The minimum atomic E-state index is -1.02. The van der Waals surface area contributed by atoms with E-state index in [0.29, 0.717) is 5.69 Å². The van der Waals surface area contributed by atoms with E-state index in [1.54, 1.807) is 6.07 Å². The molecule has 0 saturated carbocycles. The molecule has 0 aliphatic carbocycles. The number of hydrogen-bond donors (Lipinski definition) is 3. The van der Waals surface area contributed by atoms with Gasteiger partial charge in [0.2, 0.25) is 5.95 Å². The van der Waals surface area contributed by atoms with Gasteiger partial charge in [-0.25, -0.2) is 14.8 Å². The van der Waals surface area contributed by atoms with Crippen LogP contribution in [0.1, 0.15) is 0 Å². The largest absolute Gasteiger partial charge is 0.480 e. The first kappa shape index (κ1) is 12.5. The van der Waals surface area contributed by atoms with Crippen molar-refractivity contribution in [1.82, 2.24) is 19.7 Å². The second kappa shape index (κ2) is 5.58. The molecule has 0 aliphatic rings. The first-order valence-electron chi connectivity index (χ1n) is 5.23. The number of carboxylic acids is 1. The third-order valence-electron chi connectivity index (χ3n) is 1.98. The number of hydrogen-bond acceptors (Lipinski definition) is 5. The van der Waals surface area contributed by atoms with Gasteiger partial charge in [-0.2, -0.15) is 5.10 Å². The van der Waals surface area contributed by atoms with E-state index < -0.39 is 12.0 Å². The SMILES string of the molecule is O=C(O)Cn1cc(NC(=O)Nc2ncccn2)cn1. The molecule has 9 nitrogen and oxygen atoms in total. The number of urea groups is 1.